The van der Waals surface area contributed by atoms with Crippen molar-refractivity contribution < 1.29 is 9.53 Å². The van der Waals surface area contributed by atoms with Crippen LogP contribution in [0.3, 0.4) is 0 Å². The molecule has 0 aromatic heterocycles. The van der Waals surface area contributed by atoms with Crippen molar-refractivity contribution in [1.29, 1.82) is 0 Å². The van der Waals surface area contributed by atoms with E-state index in [0.717, 1.165) is 18.8 Å². The van der Waals surface area contributed by atoms with E-state index in [1.165, 1.54) is 5.56 Å². The lowest BCUT2D eigenvalue weighted by molar-refractivity contribution is 0.200. The Morgan fingerprint density at radius 2 is 1.90 bits per heavy atom. The average molecular weight is 278 g/mol. The predicted molar refractivity (Wildman–Crippen MR) is 82.3 cm³/mol. The van der Waals surface area contributed by atoms with Crippen molar-refractivity contribution in [3.05, 3.63) is 29.8 Å². The van der Waals surface area contributed by atoms with Gasteiger partial charge in [0.2, 0.25) is 0 Å². The van der Waals surface area contributed by atoms with Crippen LogP contribution in [0, 0.1) is 0 Å². The minimum Gasteiger partial charge on any atom is -0.491 e. The average Bonchev–Trinajstić information content (AvgIpc) is 2.45. The van der Waals surface area contributed by atoms with Crippen LogP contribution in [-0.2, 0) is 0 Å². The Hall–Kier alpha value is -1.71. The molecule has 1 N–H and O–H groups in total. The fraction of sp³-hybridized carbons (Fsp3) is 0.562. The van der Waals surface area contributed by atoms with Gasteiger partial charge in [0.05, 0.1) is 6.54 Å². The van der Waals surface area contributed by atoms with Crippen LogP contribution in [0.15, 0.2) is 24.3 Å². The molecule has 0 aliphatic carbocycles. The fourth-order valence-corrected chi connectivity index (χ4v) is 2.03. The van der Waals surface area contributed by atoms with E-state index >= 15 is 0 Å². The van der Waals surface area contributed by atoms with Gasteiger partial charge in [-0.05, 0) is 31.4 Å². The molecular formula is C16H26N2O2. The van der Waals surface area contributed by atoms with Gasteiger partial charge in [0, 0.05) is 13.1 Å². The highest BCUT2D eigenvalue weighted by Gasteiger charge is 2.09. The Morgan fingerprint density at radius 3 is 2.50 bits per heavy atom. The van der Waals surface area contributed by atoms with Crippen LogP contribution in [0.5, 0.6) is 5.75 Å². The molecule has 0 aliphatic heterocycles. The molecule has 0 spiro atoms. The van der Waals surface area contributed by atoms with Crippen molar-refractivity contribution in [3.8, 4) is 5.75 Å². The molecule has 0 fully saturated rings. The van der Waals surface area contributed by atoms with Gasteiger partial charge in [-0.2, -0.15) is 0 Å². The highest BCUT2D eigenvalue weighted by molar-refractivity contribution is 5.74. The number of benzene rings is 1. The zero-order valence-electron chi connectivity index (χ0n) is 13.0. The molecule has 0 saturated carbocycles. The maximum absolute atomic E-state index is 11.8. The van der Waals surface area contributed by atoms with Crippen LogP contribution in [0.4, 0.5) is 4.79 Å². The van der Waals surface area contributed by atoms with Gasteiger partial charge in [0.15, 0.2) is 0 Å². The van der Waals surface area contributed by atoms with Crippen molar-refractivity contribution >= 4 is 6.03 Å². The molecule has 20 heavy (non-hydrogen) atoms. The number of carbonyl (C=O) groups is 1. The van der Waals surface area contributed by atoms with E-state index in [1.807, 2.05) is 32.0 Å². The third-order valence-electron chi connectivity index (χ3n) is 3.23. The van der Waals surface area contributed by atoms with E-state index in [1.54, 1.807) is 4.90 Å². The third kappa shape index (κ3) is 4.76. The molecule has 1 rings (SSSR count). The number of carbonyl (C=O) groups excluding carboxylic acids is 1. The van der Waals surface area contributed by atoms with E-state index in [9.17, 15) is 4.79 Å². The lowest BCUT2D eigenvalue weighted by atomic mass is 10.0. The first kappa shape index (κ1) is 16.3. The molecule has 0 unspecified atom stereocenters. The Labute approximate surface area is 122 Å². The minimum absolute atomic E-state index is 0.0317. The zero-order valence-corrected chi connectivity index (χ0v) is 13.0. The van der Waals surface area contributed by atoms with Gasteiger partial charge in [-0.25, -0.2) is 4.79 Å². The number of hydrogen-bond acceptors (Lipinski definition) is 2. The smallest absolute Gasteiger partial charge is 0.317 e. The lowest BCUT2D eigenvalue weighted by Crippen LogP contribution is -2.41. The Morgan fingerprint density at radius 1 is 1.25 bits per heavy atom. The second kappa shape index (κ2) is 8.46. The molecule has 0 heterocycles. The van der Waals surface area contributed by atoms with Crippen LogP contribution in [0.25, 0.3) is 0 Å². The van der Waals surface area contributed by atoms with Crippen LogP contribution >= 0.6 is 0 Å². The molecular weight excluding hydrogens is 252 g/mol. The molecule has 1 aromatic rings. The summed E-state index contributed by atoms with van der Waals surface area (Å²) in [5.74, 6) is 1.33. The molecule has 4 heteroatoms. The minimum atomic E-state index is -0.0317. The Balaban J connectivity index is 2.40. The van der Waals surface area contributed by atoms with Crippen molar-refractivity contribution in [2.75, 3.05) is 26.2 Å². The van der Waals surface area contributed by atoms with Gasteiger partial charge >= 0.3 is 6.03 Å². The number of urea groups is 1. The highest BCUT2D eigenvalue weighted by atomic mass is 16.5. The van der Waals surface area contributed by atoms with Crippen LogP contribution in [-0.4, -0.2) is 37.2 Å². The van der Waals surface area contributed by atoms with E-state index in [2.05, 4.69) is 25.2 Å². The topological polar surface area (TPSA) is 41.6 Å². The fourth-order valence-electron chi connectivity index (χ4n) is 2.03. The summed E-state index contributed by atoms with van der Waals surface area (Å²) in [7, 11) is 0. The zero-order chi connectivity index (χ0) is 15.0. The van der Waals surface area contributed by atoms with E-state index in [4.69, 9.17) is 4.74 Å². The number of para-hydroxylation sites is 1. The number of nitrogens with zero attached hydrogens (tertiary/aromatic N) is 1. The summed E-state index contributed by atoms with van der Waals surface area (Å²) in [5.41, 5.74) is 1.20. The summed E-state index contributed by atoms with van der Waals surface area (Å²) in [6.07, 6.45) is 0. The van der Waals surface area contributed by atoms with Gasteiger partial charge in [-0.3, -0.25) is 0 Å². The molecule has 0 atom stereocenters. The van der Waals surface area contributed by atoms with Gasteiger partial charge in [0.1, 0.15) is 12.4 Å². The van der Waals surface area contributed by atoms with Crippen LogP contribution in [0.1, 0.15) is 39.2 Å². The standard InChI is InChI=1S/C16H26N2O2/c1-5-18(6-2)16(19)17-11-12-20-15-10-8-7-9-14(15)13(3)4/h7-10,13H,5-6,11-12H2,1-4H3,(H,17,19). The monoisotopic (exact) mass is 278 g/mol. The summed E-state index contributed by atoms with van der Waals surface area (Å²) in [5, 5.41) is 2.87. The molecule has 2 amide bonds. The molecule has 0 aliphatic rings. The van der Waals surface area contributed by atoms with Gasteiger partial charge in [-0.1, -0.05) is 32.0 Å². The van der Waals surface area contributed by atoms with E-state index < -0.39 is 0 Å². The summed E-state index contributed by atoms with van der Waals surface area (Å²) in [6, 6.07) is 8.01. The maximum Gasteiger partial charge on any atom is 0.317 e. The first-order valence-electron chi connectivity index (χ1n) is 7.34. The predicted octanol–water partition coefficient (Wildman–Crippen LogP) is 3.24. The Kier molecular flexibility index (Phi) is 6.91. The summed E-state index contributed by atoms with van der Waals surface area (Å²) < 4.78 is 5.76. The van der Waals surface area contributed by atoms with E-state index in [-0.39, 0.29) is 6.03 Å². The van der Waals surface area contributed by atoms with Gasteiger partial charge in [0.25, 0.3) is 0 Å². The molecule has 0 bridgehead atoms. The maximum atomic E-state index is 11.8. The molecule has 0 saturated heterocycles. The van der Waals surface area contributed by atoms with Crippen molar-refractivity contribution in [2.45, 2.75) is 33.6 Å². The summed E-state index contributed by atoms with van der Waals surface area (Å²) >= 11 is 0. The van der Waals surface area contributed by atoms with E-state index in [0.29, 0.717) is 19.1 Å². The first-order valence-corrected chi connectivity index (χ1v) is 7.34. The second-order valence-corrected chi connectivity index (χ2v) is 4.95. The summed E-state index contributed by atoms with van der Waals surface area (Å²) in [6.45, 7) is 10.7. The van der Waals surface area contributed by atoms with Gasteiger partial charge in [-0.15, -0.1) is 0 Å². The number of amides is 2. The van der Waals surface area contributed by atoms with Gasteiger partial charge < -0.3 is 15.0 Å². The van der Waals surface area contributed by atoms with Crippen LogP contribution < -0.4 is 10.1 Å². The number of hydrogen-bond donors (Lipinski definition) is 1. The number of nitrogens with one attached hydrogen (secondary N) is 1. The molecule has 1 aromatic carbocycles. The Bertz CT molecular complexity index is 415. The largest absolute Gasteiger partial charge is 0.491 e. The van der Waals surface area contributed by atoms with Crippen LogP contribution in [0.2, 0.25) is 0 Å². The normalized spacial score (nSPS) is 10.4. The first-order chi connectivity index (χ1) is 9.60. The lowest BCUT2D eigenvalue weighted by Gasteiger charge is -2.19. The third-order valence-corrected chi connectivity index (χ3v) is 3.23. The number of rotatable bonds is 7. The second-order valence-electron chi connectivity index (χ2n) is 4.95. The number of ether oxygens (including phenoxy) is 1. The van der Waals surface area contributed by atoms with Crippen molar-refractivity contribution in [2.24, 2.45) is 0 Å². The molecule has 0 radical (unpaired) electrons. The summed E-state index contributed by atoms with van der Waals surface area (Å²) in [4.78, 5) is 13.5. The quantitative estimate of drug-likeness (QED) is 0.778. The highest BCUT2D eigenvalue weighted by Crippen LogP contribution is 2.25. The van der Waals surface area contributed by atoms with Crippen molar-refractivity contribution in [1.82, 2.24) is 10.2 Å². The van der Waals surface area contributed by atoms with Crippen molar-refractivity contribution in [3.63, 3.8) is 0 Å². The molecule has 4 nitrogen and oxygen atoms in total. The molecule has 112 valence electrons. The SMILES string of the molecule is CCN(CC)C(=O)NCCOc1ccccc1C(C)C.